The number of unbranched alkanes of at least 4 members (excludes halogenated alkanes) is 1. The third-order valence-corrected chi connectivity index (χ3v) is 5.96. The fraction of sp³-hybridized carbons (Fsp3) is 0.538. The highest BCUT2D eigenvalue weighted by Gasteiger charge is 2.47. The van der Waals surface area contributed by atoms with Gasteiger partial charge in [0.1, 0.15) is 6.23 Å². The van der Waals surface area contributed by atoms with E-state index < -0.39 is 29.9 Å². The fourth-order valence-corrected chi connectivity index (χ4v) is 3.48. The quantitative estimate of drug-likeness (QED) is 0.189. The summed E-state index contributed by atoms with van der Waals surface area (Å²) in [6, 6.07) is 6.76. The van der Waals surface area contributed by atoms with Crippen LogP contribution < -0.4 is 10.8 Å². The Morgan fingerprint density at radius 3 is 2.71 bits per heavy atom. The molecule has 0 aliphatic carbocycles. The van der Waals surface area contributed by atoms with Crippen molar-refractivity contribution in [1.29, 1.82) is 0 Å². The highest BCUT2D eigenvalue weighted by atomic mass is 16.8. The van der Waals surface area contributed by atoms with E-state index in [2.05, 4.69) is 22.6 Å². The molecule has 0 saturated carbocycles. The van der Waals surface area contributed by atoms with Gasteiger partial charge in [-0.25, -0.2) is 10.3 Å². The predicted molar refractivity (Wildman–Crippen MR) is 132 cm³/mol. The Hall–Kier alpha value is -2.74. The summed E-state index contributed by atoms with van der Waals surface area (Å²) in [5, 5.41) is 13.2. The van der Waals surface area contributed by atoms with Crippen molar-refractivity contribution in [2.24, 2.45) is 0 Å². The minimum Gasteiger partial charge on any atom is -0.385 e. The topological polar surface area (TPSA) is 109 Å². The minimum absolute atomic E-state index is 0.354. The van der Waals surface area contributed by atoms with Crippen LogP contribution in [0.5, 0.6) is 0 Å². The van der Waals surface area contributed by atoms with E-state index in [9.17, 15) is 14.7 Å². The molecule has 9 nitrogen and oxygen atoms in total. The third kappa shape index (κ3) is 8.16. The third-order valence-electron chi connectivity index (χ3n) is 5.96. The van der Waals surface area contributed by atoms with Gasteiger partial charge in [-0.2, -0.15) is 0 Å². The average molecular weight is 488 g/mol. The Morgan fingerprint density at radius 2 is 2.09 bits per heavy atom. The number of aliphatic hydroxyl groups excluding tert-OH is 1. The zero-order valence-corrected chi connectivity index (χ0v) is 21.0. The van der Waals surface area contributed by atoms with E-state index in [4.69, 9.17) is 14.3 Å². The summed E-state index contributed by atoms with van der Waals surface area (Å²) >= 11 is 0. The fourth-order valence-electron chi connectivity index (χ4n) is 3.48. The first kappa shape index (κ1) is 28.5. The van der Waals surface area contributed by atoms with Crippen molar-refractivity contribution < 1.29 is 29.0 Å². The molecule has 0 radical (unpaired) electrons. The molecule has 0 bridgehead atoms. The maximum Gasteiger partial charge on any atom is 0.273 e. The molecule has 1 aliphatic rings. The van der Waals surface area contributed by atoms with E-state index in [1.54, 1.807) is 37.5 Å². The van der Waals surface area contributed by atoms with Crippen LogP contribution >= 0.6 is 0 Å². The van der Waals surface area contributed by atoms with Gasteiger partial charge in [-0.1, -0.05) is 17.9 Å². The van der Waals surface area contributed by atoms with Crippen LogP contribution in [-0.4, -0.2) is 74.3 Å². The second-order valence-electron chi connectivity index (χ2n) is 8.43. The number of amides is 2. The minimum atomic E-state index is -1.66. The molecule has 1 heterocycles. The first-order chi connectivity index (χ1) is 16.8. The van der Waals surface area contributed by atoms with Gasteiger partial charge in [0.25, 0.3) is 11.8 Å². The number of benzene rings is 1. The van der Waals surface area contributed by atoms with E-state index in [-0.39, 0.29) is 0 Å². The molecule has 2 unspecified atom stereocenters. The molecule has 35 heavy (non-hydrogen) atoms. The molecule has 0 aromatic heterocycles. The number of ether oxygens (including phenoxy) is 2. The Labute approximate surface area is 207 Å². The van der Waals surface area contributed by atoms with Crippen molar-refractivity contribution in [2.75, 3.05) is 34.4 Å². The molecule has 2 amide bonds. The summed E-state index contributed by atoms with van der Waals surface area (Å²) in [5.74, 6) is 4.87. The number of nitrogens with one attached hydrogen (secondary N) is 2. The van der Waals surface area contributed by atoms with Gasteiger partial charge in [-0.05, 0) is 70.0 Å². The molecular formula is C26H37N3O6. The number of hydrogen-bond donors (Lipinski definition) is 3. The van der Waals surface area contributed by atoms with Gasteiger partial charge < -0.3 is 19.5 Å². The van der Waals surface area contributed by atoms with Gasteiger partial charge in [-0.3, -0.25) is 14.9 Å². The van der Waals surface area contributed by atoms with Gasteiger partial charge >= 0.3 is 0 Å². The van der Waals surface area contributed by atoms with E-state index >= 15 is 0 Å². The summed E-state index contributed by atoms with van der Waals surface area (Å²) < 4.78 is 10.5. The molecule has 3 atom stereocenters. The van der Waals surface area contributed by atoms with Gasteiger partial charge in [0.2, 0.25) is 0 Å². The van der Waals surface area contributed by atoms with E-state index in [1.807, 2.05) is 6.08 Å². The lowest BCUT2D eigenvalue weighted by atomic mass is 9.95. The Kier molecular flexibility index (Phi) is 11.9. The zero-order chi connectivity index (χ0) is 25.7. The molecule has 1 fully saturated rings. The lowest BCUT2D eigenvalue weighted by molar-refractivity contribution is -0.206. The molecule has 1 aliphatic heterocycles. The highest BCUT2D eigenvalue weighted by molar-refractivity contribution is 5.99. The van der Waals surface area contributed by atoms with Gasteiger partial charge in [0.05, 0.1) is 0 Å². The van der Waals surface area contributed by atoms with Crippen molar-refractivity contribution in [3.63, 3.8) is 0 Å². The second kappa shape index (κ2) is 14.6. The number of aliphatic hydroxyl groups is 1. The molecule has 9 heteroatoms. The van der Waals surface area contributed by atoms with Crippen molar-refractivity contribution in [3.8, 4) is 11.8 Å². The lowest BCUT2D eigenvalue weighted by Gasteiger charge is -2.40. The van der Waals surface area contributed by atoms with Crippen LogP contribution in [0.1, 0.15) is 54.9 Å². The van der Waals surface area contributed by atoms with Gasteiger partial charge in [-0.15, -0.1) is 0 Å². The van der Waals surface area contributed by atoms with Gasteiger partial charge in [0, 0.05) is 44.9 Å². The number of allylic oxidation sites excluding steroid dienone is 2. The van der Waals surface area contributed by atoms with E-state index in [1.165, 1.54) is 25.9 Å². The van der Waals surface area contributed by atoms with E-state index in [0.29, 0.717) is 18.6 Å². The largest absolute Gasteiger partial charge is 0.385 e. The zero-order valence-electron chi connectivity index (χ0n) is 21.0. The van der Waals surface area contributed by atoms with Crippen LogP contribution in [-0.2, 0) is 19.1 Å². The Balaban J connectivity index is 2.06. The van der Waals surface area contributed by atoms with Crippen molar-refractivity contribution in [2.45, 2.75) is 57.1 Å². The molecule has 1 saturated heterocycles. The summed E-state index contributed by atoms with van der Waals surface area (Å²) in [4.78, 5) is 32.8. The number of nitrogens with zero attached hydrogens (tertiary/aromatic N) is 1. The summed E-state index contributed by atoms with van der Waals surface area (Å²) in [6.07, 6.45) is 6.24. The standard InChI is InChI=1S/C26H37N3O6/c1-26(24(31)27-2,25(32)28-35-22-13-9-11-19-34-22)29(3)23(30)21-16-14-20(15-17-21)12-8-6-5-7-10-18-33-4/h5-6,14-17,22,24,27,31H,7,9-11,13,18-19H2,1-4H3,(H,28,32)/b6-5+/t22?,24?,26-/m0/s1. The number of carbonyl (C=O) groups excluding carboxylic acids is 2. The summed E-state index contributed by atoms with van der Waals surface area (Å²) in [7, 11) is 4.64. The Morgan fingerprint density at radius 1 is 1.34 bits per heavy atom. The van der Waals surface area contributed by atoms with Crippen molar-refractivity contribution in [1.82, 2.24) is 15.7 Å². The van der Waals surface area contributed by atoms with Crippen LogP contribution in [0.15, 0.2) is 36.4 Å². The summed E-state index contributed by atoms with van der Waals surface area (Å²) in [5.41, 5.74) is 1.81. The number of hydrogen-bond acceptors (Lipinski definition) is 7. The van der Waals surface area contributed by atoms with Crippen LogP contribution in [0.2, 0.25) is 0 Å². The lowest BCUT2D eigenvalue weighted by Crippen LogP contribution is -2.67. The van der Waals surface area contributed by atoms with Crippen molar-refractivity contribution >= 4 is 11.8 Å². The predicted octanol–water partition coefficient (Wildman–Crippen LogP) is 1.96. The molecule has 1 aromatic rings. The first-order valence-corrected chi connectivity index (χ1v) is 11.8. The number of rotatable bonds is 11. The average Bonchev–Trinajstić information content (AvgIpc) is 2.90. The van der Waals surface area contributed by atoms with Crippen LogP contribution in [0.3, 0.4) is 0 Å². The summed E-state index contributed by atoms with van der Waals surface area (Å²) in [6.45, 7) is 2.74. The van der Waals surface area contributed by atoms with E-state index in [0.717, 1.165) is 37.9 Å². The number of carbonyl (C=O) groups is 2. The van der Waals surface area contributed by atoms with Crippen LogP contribution in [0.25, 0.3) is 0 Å². The smallest absolute Gasteiger partial charge is 0.273 e. The van der Waals surface area contributed by atoms with Crippen LogP contribution in [0, 0.1) is 11.8 Å². The number of likely N-dealkylation sites (N-methyl/N-ethyl adjacent to an activating group) is 2. The SMILES string of the molecule is CNC(O)[C@@](C)(C(=O)NOC1CCCCO1)N(C)C(=O)c1ccc(C#C/C=C/CCCOC)cc1. The maximum atomic E-state index is 13.2. The second-order valence-corrected chi connectivity index (χ2v) is 8.43. The number of methoxy groups -OCH3 is 1. The molecular weight excluding hydrogens is 450 g/mol. The molecule has 2 rings (SSSR count). The number of hydroxylamine groups is 1. The van der Waals surface area contributed by atoms with Crippen LogP contribution in [0.4, 0.5) is 0 Å². The molecule has 0 spiro atoms. The normalized spacial score (nSPS) is 18.3. The Bertz CT molecular complexity index is 902. The molecule has 1 aromatic carbocycles. The van der Waals surface area contributed by atoms with Crippen molar-refractivity contribution in [3.05, 3.63) is 47.5 Å². The maximum absolute atomic E-state index is 13.2. The molecule has 3 N–H and O–H groups in total. The first-order valence-electron chi connectivity index (χ1n) is 11.8. The molecule has 192 valence electrons. The van der Waals surface area contributed by atoms with Gasteiger partial charge in [0.15, 0.2) is 11.8 Å². The highest BCUT2D eigenvalue weighted by Crippen LogP contribution is 2.21. The monoisotopic (exact) mass is 487 g/mol.